The molecule has 11 heavy (non-hydrogen) atoms. The van der Waals surface area contributed by atoms with Gasteiger partial charge in [-0.25, -0.2) is 0 Å². The fourth-order valence-corrected chi connectivity index (χ4v) is 0.873. The van der Waals surface area contributed by atoms with Crippen LogP contribution >= 0.6 is 0 Å². The Morgan fingerprint density at radius 3 is 1.55 bits per heavy atom. The van der Waals surface area contributed by atoms with Crippen LogP contribution in [0.25, 0.3) is 0 Å². The SMILES string of the molecule is C/C=C(\C)C(C)(O)/C(C)=C/C. The zero-order valence-corrected chi connectivity index (χ0v) is 8.10. The molecule has 0 aromatic heterocycles. The third-order valence-electron chi connectivity index (χ3n) is 2.40. The number of rotatable bonds is 2. The van der Waals surface area contributed by atoms with Gasteiger partial charge < -0.3 is 5.11 Å². The predicted octanol–water partition coefficient (Wildman–Crippen LogP) is 2.67. The minimum Gasteiger partial charge on any atom is -0.381 e. The van der Waals surface area contributed by atoms with Crippen LogP contribution in [0.3, 0.4) is 0 Å². The van der Waals surface area contributed by atoms with E-state index < -0.39 is 5.60 Å². The normalized spacial score (nSPS) is 19.8. The van der Waals surface area contributed by atoms with Gasteiger partial charge in [-0.15, -0.1) is 0 Å². The number of hydrogen-bond acceptors (Lipinski definition) is 1. The Balaban J connectivity index is 4.73. The molecule has 0 bridgehead atoms. The van der Waals surface area contributed by atoms with Gasteiger partial charge in [-0.2, -0.15) is 0 Å². The van der Waals surface area contributed by atoms with Gasteiger partial charge in [0.2, 0.25) is 0 Å². The van der Waals surface area contributed by atoms with Crippen LogP contribution in [0.4, 0.5) is 0 Å². The fourth-order valence-electron chi connectivity index (χ4n) is 0.873. The molecule has 0 aliphatic rings. The van der Waals surface area contributed by atoms with E-state index in [1.54, 1.807) is 0 Å². The van der Waals surface area contributed by atoms with Crippen LogP contribution in [0, 0.1) is 0 Å². The predicted molar refractivity (Wildman–Crippen MR) is 49.5 cm³/mol. The largest absolute Gasteiger partial charge is 0.381 e. The summed E-state index contributed by atoms with van der Waals surface area (Å²) < 4.78 is 0. The molecule has 0 radical (unpaired) electrons. The molecule has 1 heteroatoms. The Bertz CT molecular complexity index is 165. The minimum absolute atomic E-state index is 0.760. The van der Waals surface area contributed by atoms with Crippen molar-refractivity contribution in [2.45, 2.75) is 40.2 Å². The number of aliphatic hydroxyl groups is 1. The molecular formula is C10H18O. The summed E-state index contributed by atoms with van der Waals surface area (Å²) in [5, 5.41) is 9.91. The van der Waals surface area contributed by atoms with E-state index in [1.807, 2.05) is 46.8 Å². The fraction of sp³-hybridized carbons (Fsp3) is 0.600. The Morgan fingerprint density at radius 2 is 1.36 bits per heavy atom. The highest BCUT2D eigenvalue weighted by Crippen LogP contribution is 2.24. The van der Waals surface area contributed by atoms with E-state index >= 15 is 0 Å². The van der Waals surface area contributed by atoms with Gasteiger partial charge in [-0.1, -0.05) is 12.2 Å². The Labute approximate surface area is 69.4 Å². The van der Waals surface area contributed by atoms with E-state index in [9.17, 15) is 5.11 Å². The summed E-state index contributed by atoms with van der Waals surface area (Å²) in [6, 6.07) is 0. The van der Waals surface area contributed by atoms with Crippen LogP contribution in [0.5, 0.6) is 0 Å². The van der Waals surface area contributed by atoms with E-state index in [4.69, 9.17) is 0 Å². The molecule has 0 unspecified atom stereocenters. The summed E-state index contributed by atoms with van der Waals surface area (Å²) >= 11 is 0. The van der Waals surface area contributed by atoms with E-state index in [-0.39, 0.29) is 0 Å². The molecule has 0 fully saturated rings. The second kappa shape index (κ2) is 3.72. The molecule has 0 aliphatic heterocycles. The Kier molecular flexibility index (Phi) is 3.53. The smallest absolute Gasteiger partial charge is 0.103 e. The molecule has 0 atom stereocenters. The van der Waals surface area contributed by atoms with Gasteiger partial charge in [0.1, 0.15) is 5.60 Å². The van der Waals surface area contributed by atoms with Crippen molar-refractivity contribution in [1.29, 1.82) is 0 Å². The lowest BCUT2D eigenvalue weighted by atomic mass is 9.89. The quantitative estimate of drug-likeness (QED) is 0.606. The van der Waals surface area contributed by atoms with Crippen molar-refractivity contribution < 1.29 is 5.11 Å². The lowest BCUT2D eigenvalue weighted by Gasteiger charge is -2.25. The first-order valence-electron chi connectivity index (χ1n) is 3.96. The summed E-state index contributed by atoms with van der Waals surface area (Å²) in [6.45, 7) is 9.57. The van der Waals surface area contributed by atoms with Crippen LogP contribution in [0.2, 0.25) is 0 Å². The van der Waals surface area contributed by atoms with E-state index in [0.29, 0.717) is 0 Å². The molecule has 0 spiro atoms. The van der Waals surface area contributed by atoms with Crippen LogP contribution in [-0.2, 0) is 0 Å². The van der Waals surface area contributed by atoms with Crippen molar-refractivity contribution in [3.05, 3.63) is 23.3 Å². The molecule has 64 valence electrons. The highest BCUT2D eigenvalue weighted by molar-refractivity contribution is 5.27. The number of allylic oxidation sites excluding steroid dienone is 2. The monoisotopic (exact) mass is 154 g/mol. The summed E-state index contributed by atoms with van der Waals surface area (Å²) in [5.74, 6) is 0. The van der Waals surface area contributed by atoms with Gasteiger partial charge in [0.05, 0.1) is 0 Å². The van der Waals surface area contributed by atoms with Gasteiger partial charge in [0.15, 0.2) is 0 Å². The standard InChI is InChI=1S/C10H18O/c1-6-8(3)10(5,11)9(4)7-2/h6-7,11H,1-5H3/b8-6+,9-7+. The van der Waals surface area contributed by atoms with Crippen LogP contribution in [-0.4, -0.2) is 10.7 Å². The van der Waals surface area contributed by atoms with Gasteiger partial charge in [-0.05, 0) is 45.8 Å². The maximum atomic E-state index is 9.91. The minimum atomic E-state index is -0.760. The van der Waals surface area contributed by atoms with Gasteiger partial charge in [0.25, 0.3) is 0 Å². The average molecular weight is 154 g/mol. The van der Waals surface area contributed by atoms with Gasteiger partial charge in [0, 0.05) is 0 Å². The Morgan fingerprint density at radius 1 is 1.09 bits per heavy atom. The molecule has 0 aromatic rings. The van der Waals surface area contributed by atoms with E-state index in [2.05, 4.69) is 0 Å². The highest BCUT2D eigenvalue weighted by Gasteiger charge is 2.22. The number of hydrogen-bond donors (Lipinski definition) is 1. The lowest BCUT2D eigenvalue weighted by Crippen LogP contribution is -2.26. The van der Waals surface area contributed by atoms with Crippen LogP contribution < -0.4 is 0 Å². The molecule has 0 amide bonds. The second-order valence-electron chi connectivity index (χ2n) is 3.02. The third kappa shape index (κ3) is 2.19. The van der Waals surface area contributed by atoms with Crippen LogP contribution in [0.15, 0.2) is 23.3 Å². The molecule has 0 heterocycles. The van der Waals surface area contributed by atoms with Crippen molar-refractivity contribution in [1.82, 2.24) is 0 Å². The van der Waals surface area contributed by atoms with Crippen LogP contribution in [0.1, 0.15) is 34.6 Å². The highest BCUT2D eigenvalue weighted by atomic mass is 16.3. The van der Waals surface area contributed by atoms with Gasteiger partial charge in [-0.3, -0.25) is 0 Å². The summed E-state index contributed by atoms with van der Waals surface area (Å²) in [7, 11) is 0. The summed E-state index contributed by atoms with van der Waals surface area (Å²) in [5.41, 5.74) is 1.23. The third-order valence-corrected chi connectivity index (χ3v) is 2.40. The van der Waals surface area contributed by atoms with Crippen molar-refractivity contribution in [3.8, 4) is 0 Å². The van der Waals surface area contributed by atoms with Gasteiger partial charge >= 0.3 is 0 Å². The van der Waals surface area contributed by atoms with E-state index in [0.717, 1.165) is 11.1 Å². The molecule has 0 aliphatic carbocycles. The molecule has 0 rings (SSSR count). The summed E-state index contributed by atoms with van der Waals surface area (Å²) in [6.07, 6.45) is 3.88. The van der Waals surface area contributed by atoms with E-state index in [1.165, 1.54) is 0 Å². The topological polar surface area (TPSA) is 20.2 Å². The first-order valence-corrected chi connectivity index (χ1v) is 3.96. The first kappa shape index (κ1) is 10.4. The average Bonchev–Trinajstić information content (AvgIpc) is 2.01. The molecule has 0 saturated carbocycles. The van der Waals surface area contributed by atoms with Crippen molar-refractivity contribution in [3.63, 3.8) is 0 Å². The maximum absolute atomic E-state index is 9.91. The molecule has 1 N–H and O–H groups in total. The zero-order valence-electron chi connectivity index (χ0n) is 8.10. The summed E-state index contributed by atoms with van der Waals surface area (Å²) in [4.78, 5) is 0. The lowest BCUT2D eigenvalue weighted by molar-refractivity contribution is 0.137. The first-order chi connectivity index (χ1) is 4.96. The Hall–Kier alpha value is -0.560. The zero-order chi connectivity index (χ0) is 9.07. The molecule has 1 nitrogen and oxygen atoms in total. The second-order valence-corrected chi connectivity index (χ2v) is 3.02. The molecule has 0 aromatic carbocycles. The molecule has 0 saturated heterocycles. The maximum Gasteiger partial charge on any atom is 0.103 e. The van der Waals surface area contributed by atoms with Crippen molar-refractivity contribution in [2.24, 2.45) is 0 Å². The van der Waals surface area contributed by atoms with Crippen molar-refractivity contribution in [2.75, 3.05) is 0 Å². The van der Waals surface area contributed by atoms with Crippen molar-refractivity contribution >= 4 is 0 Å². The molecular weight excluding hydrogens is 136 g/mol.